The smallest absolute Gasteiger partial charge is 0.250 e. The Kier molecular flexibility index (Phi) is 8.60. The predicted octanol–water partition coefficient (Wildman–Crippen LogP) is 3.75. The van der Waals surface area contributed by atoms with Crippen LogP contribution < -0.4 is 11.1 Å². The monoisotopic (exact) mass is 360 g/mol. The molecule has 1 saturated carbocycles. The molecule has 0 radical (unpaired) electrons. The molecule has 2 rings (SSSR count). The summed E-state index contributed by atoms with van der Waals surface area (Å²) in [6.07, 6.45) is 7.49. The summed E-state index contributed by atoms with van der Waals surface area (Å²) in [6, 6.07) is 8.18. The SMILES string of the molecule is Cc1ccc(CCNC(=O)C(OC(C)C)[C@H](N)CC2CCCCC2)cc1. The first-order valence-electron chi connectivity index (χ1n) is 10.2. The second-order valence-corrected chi connectivity index (χ2v) is 8.04. The van der Waals surface area contributed by atoms with E-state index >= 15 is 0 Å². The molecule has 1 fully saturated rings. The van der Waals surface area contributed by atoms with E-state index in [1.807, 2.05) is 13.8 Å². The van der Waals surface area contributed by atoms with Crippen molar-refractivity contribution in [2.24, 2.45) is 11.7 Å². The van der Waals surface area contributed by atoms with Crippen molar-refractivity contribution in [1.82, 2.24) is 5.32 Å². The van der Waals surface area contributed by atoms with E-state index in [1.54, 1.807) is 0 Å². The summed E-state index contributed by atoms with van der Waals surface area (Å²) in [4.78, 5) is 12.7. The van der Waals surface area contributed by atoms with Crippen LogP contribution in [0.4, 0.5) is 0 Å². The number of carbonyl (C=O) groups excluding carboxylic acids is 1. The van der Waals surface area contributed by atoms with Crippen molar-refractivity contribution in [2.45, 2.75) is 84.0 Å². The molecule has 0 spiro atoms. The molecule has 1 aromatic rings. The zero-order chi connectivity index (χ0) is 18.9. The van der Waals surface area contributed by atoms with E-state index in [2.05, 4.69) is 36.5 Å². The van der Waals surface area contributed by atoms with Crippen LogP contribution in [-0.4, -0.2) is 30.7 Å². The molecular formula is C22H36N2O2. The number of rotatable bonds is 9. The highest BCUT2D eigenvalue weighted by Gasteiger charge is 2.29. The summed E-state index contributed by atoms with van der Waals surface area (Å²) in [6.45, 7) is 6.60. The molecule has 1 aromatic carbocycles. The Bertz CT molecular complexity index is 536. The van der Waals surface area contributed by atoms with Gasteiger partial charge in [0.15, 0.2) is 6.10 Å². The number of nitrogens with one attached hydrogen (secondary N) is 1. The molecule has 1 aliphatic rings. The second kappa shape index (κ2) is 10.7. The van der Waals surface area contributed by atoms with Crippen LogP contribution in [0.3, 0.4) is 0 Å². The van der Waals surface area contributed by atoms with Crippen LogP contribution in [0.2, 0.25) is 0 Å². The van der Waals surface area contributed by atoms with E-state index in [0.29, 0.717) is 12.5 Å². The Hall–Kier alpha value is -1.39. The molecule has 4 nitrogen and oxygen atoms in total. The molecule has 1 aliphatic carbocycles. The number of aryl methyl sites for hydroxylation is 1. The Labute approximate surface area is 158 Å². The lowest BCUT2D eigenvalue weighted by Gasteiger charge is -2.30. The second-order valence-electron chi connectivity index (χ2n) is 8.04. The Morgan fingerprint density at radius 1 is 1.19 bits per heavy atom. The van der Waals surface area contributed by atoms with Gasteiger partial charge in [0, 0.05) is 12.6 Å². The number of ether oxygens (including phenoxy) is 1. The van der Waals surface area contributed by atoms with E-state index in [0.717, 1.165) is 12.8 Å². The van der Waals surface area contributed by atoms with E-state index in [-0.39, 0.29) is 18.1 Å². The fourth-order valence-corrected chi connectivity index (χ4v) is 3.77. The minimum Gasteiger partial charge on any atom is -0.364 e. The van der Waals surface area contributed by atoms with Gasteiger partial charge >= 0.3 is 0 Å². The molecule has 0 aliphatic heterocycles. The molecule has 0 saturated heterocycles. The minimum atomic E-state index is -0.560. The van der Waals surface area contributed by atoms with Gasteiger partial charge in [-0.05, 0) is 45.1 Å². The summed E-state index contributed by atoms with van der Waals surface area (Å²) in [7, 11) is 0. The van der Waals surface area contributed by atoms with Crippen LogP contribution in [0.1, 0.15) is 63.5 Å². The molecule has 3 N–H and O–H groups in total. The van der Waals surface area contributed by atoms with Gasteiger partial charge in [-0.3, -0.25) is 4.79 Å². The van der Waals surface area contributed by atoms with Crippen LogP contribution in [0, 0.1) is 12.8 Å². The molecule has 1 unspecified atom stereocenters. The van der Waals surface area contributed by atoms with Gasteiger partial charge in [-0.15, -0.1) is 0 Å². The van der Waals surface area contributed by atoms with Crippen molar-refractivity contribution in [1.29, 1.82) is 0 Å². The van der Waals surface area contributed by atoms with E-state index in [9.17, 15) is 4.79 Å². The maximum absolute atomic E-state index is 12.7. The highest BCUT2D eigenvalue weighted by molar-refractivity contribution is 5.81. The topological polar surface area (TPSA) is 64.3 Å². The predicted molar refractivity (Wildman–Crippen MR) is 107 cm³/mol. The van der Waals surface area contributed by atoms with Crippen LogP contribution in [-0.2, 0) is 16.0 Å². The lowest BCUT2D eigenvalue weighted by atomic mass is 9.84. The van der Waals surface area contributed by atoms with Gasteiger partial charge in [0.1, 0.15) is 0 Å². The Morgan fingerprint density at radius 3 is 2.46 bits per heavy atom. The standard InChI is InChI=1S/C22H36N2O2/c1-16(2)26-21(20(23)15-19-7-5-4-6-8-19)22(25)24-14-13-18-11-9-17(3)10-12-18/h9-12,16,19-21H,4-8,13-15,23H2,1-3H3,(H,24,25)/t20-,21?/m1/s1. The van der Waals surface area contributed by atoms with Gasteiger partial charge in [-0.25, -0.2) is 0 Å². The van der Waals surface area contributed by atoms with Crippen LogP contribution in [0.15, 0.2) is 24.3 Å². The van der Waals surface area contributed by atoms with Crippen molar-refractivity contribution in [3.8, 4) is 0 Å². The van der Waals surface area contributed by atoms with Gasteiger partial charge in [-0.2, -0.15) is 0 Å². The highest BCUT2D eigenvalue weighted by Crippen LogP contribution is 2.28. The number of hydrogen-bond acceptors (Lipinski definition) is 3. The largest absolute Gasteiger partial charge is 0.364 e. The first kappa shape index (κ1) is 20.9. The maximum atomic E-state index is 12.7. The van der Waals surface area contributed by atoms with Gasteiger partial charge in [-0.1, -0.05) is 61.9 Å². The first-order chi connectivity index (χ1) is 12.5. The average Bonchev–Trinajstić information content (AvgIpc) is 2.62. The molecule has 146 valence electrons. The van der Waals surface area contributed by atoms with Crippen LogP contribution in [0.5, 0.6) is 0 Å². The van der Waals surface area contributed by atoms with E-state index in [1.165, 1.54) is 43.2 Å². The summed E-state index contributed by atoms with van der Waals surface area (Å²) in [5, 5.41) is 3.03. The Morgan fingerprint density at radius 2 is 1.85 bits per heavy atom. The first-order valence-corrected chi connectivity index (χ1v) is 10.2. The number of nitrogens with two attached hydrogens (primary N) is 1. The van der Waals surface area contributed by atoms with E-state index < -0.39 is 6.10 Å². The normalized spacial score (nSPS) is 17.9. The molecule has 4 heteroatoms. The zero-order valence-corrected chi connectivity index (χ0v) is 16.7. The Balaban J connectivity index is 1.85. The molecule has 26 heavy (non-hydrogen) atoms. The number of carbonyl (C=O) groups is 1. The average molecular weight is 361 g/mol. The maximum Gasteiger partial charge on any atom is 0.250 e. The van der Waals surface area contributed by atoms with Crippen molar-refractivity contribution >= 4 is 5.91 Å². The number of amides is 1. The van der Waals surface area contributed by atoms with Gasteiger partial charge < -0.3 is 15.8 Å². The number of hydrogen-bond donors (Lipinski definition) is 2. The quantitative estimate of drug-likeness (QED) is 0.705. The lowest BCUT2D eigenvalue weighted by Crippen LogP contribution is -2.50. The summed E-state index contributed by atoms with van der Waals surface area (Å²) in [5.74, 6) is 0.562. The van der Waals surface area contributed by atoms with Crippen LogP contribution in [0.25, 0.3) is 0 Å². The molecule has 2 atom stereocenters. The van der Waals surface area contributed by atoms with Gasteiger partial charge in [0.2, 0.25) is 0 Å². The molecular weight excluding hydrogens is 324 g/mol. The molecule has 0 heterocycles. The third-order valence-corrected chi connectivity index (χ3v) is 5.23. The third-order valence-electron chi connectivity index (χ3n) is 5.23. The van der Waals surface area contributed by atoms with Crippen LogP contribution >= 0.6 is 0 Å². The van der Waals surface area contributed by atoms with Gasteiger partial charge in [0.05, 0.1) is 6.10 Å². The van der Waals surface area contributed by atoms with Crippen molar-refractivity contribution in [3.05, 3.63) is 35.4 Å². The zero-order valence-electron chi connectivity index (χ0n) is 16.7. The fraction of sp³-hybridized carbons (Fsp3) is 0.682. The number of benzene rings is 1. The summed E-state index contributed by atoms with van der Waals surface area (Å²) >= 11 is 0. The van der Waals surface area contributed by atoms with E-state index in [4.69, 9.17) is 10.5 Å². The van der Waals surface area contributed by atoms with Crippen molar-refractivity contribution in [2.75, 3.05) is 6.54 Å². The summed E-state index contributed by atoms with van der Waals surface area (Å²) < 4.78 is 5.90. The minimum absolute atomic E-state index is 0.0137. The molecule has 0 aromatic heterocycles. The highest BCUT2D eigenvalue weighted by atomic mass is 16.5. The fourth-order valence-electron chi connectivity index (χ4n) is 3.77. The summed E-state index contributed by atoms with van der Waals surface area (Å²) in [5.41, 5.74) is 8.88. The third kappa shape index (κ3) is 7.08. The molecule has 1 amide bonds. The van der Waals surface area contributed by atoms with Crippen molar-refractivity contribution in [3.63, 3.8) is 0 Å². The molecule has 0 bridgehead atoms. The van der Waals surface area contributed by atoms with Crippen molar-refractivity contribution < 1.29 is 9.53 Å². The lowest BCUT2D eigenvalue weighted by molar-refractivity contribution is -0.137. The van der Waals surface area contributed by atoms with Gasteiger partial charge in [0.25, 0.3) is 5.91 Å².